The number of cyclic esters (lactones) is 1. The number of esters is 1. The van der Waals surface area contributed by atoms with E-state index in [4.69, 9.17) is 4.74 Å². The maximum Gasteiger partial charge on any atom is 0.306 e. The average molecular weight is 250 g/mol. The Labute approximate surface area is 94.4 Å². The SMILES string of the molecule is O=C1CC2(CCCCC2)C(CS(=O)(=O)F)O1. The molecule has 1 saturated carbocycles. The highest BCUT2D eigenvalue weighted by Crippen LogP contribution is 2.47. The van der Waals surface area contributed by atoms with Gasteiger partial charge in [0.25, 0.3) is 0 Å². The summed E-state index contributed by atoms with van der Waals surface area (Å²) in [5.41, 5.74) is -0.422. The van der Waals surface area contributed by atoms with E-state index in [0.29, 0.717) is 0 Å². The minimum atomic E-state index is -4.58. The molecule has 1 aliphatic heterocycles. The first-order chi connectivity index (χ1) is 7.41. The maximum atomic E-state index is 12.7. The van der Waals surface area contributed by atoms with E-state index in [-0.39, 0.29) is 6.42 Å². The van der Waals surface area contributed by atoms with Crippen LogP contribution in [0.3, 0.4) is 0 Å². The van der Waals surface area contributed by atoms with E-state index in [1.54, 1.807) is 0 Å². The second-order valence-corrected chi connectivity index (χ2v) is 6.19. The zero-order valence-corrected chi connectivity index (χ0v) is 9.76. The summed E-state index contributed by atoms with van der Waals surface area (Å²) in [4.78, 5) is 11.3. The summed E-state index contributed by atoms with van der Waals surface area (Å²) in [7, 11) is -4.58. The molecular formula is C10H15FO4S. The van der Waals surface area contributed by atoms with Gasteiger partial charge in [-0.3, -0.25) is 4.79 Å². The predicted molar refractivity (Wildman–Crippen MR) is 54.9 cm³/mol. The van der Waals surface area contributed by atoms with Crippen molar-refractivity contribution in [2.75, 3.05) is 5.75 Å². The molecule has 1 saturated heterocycles. The first kappa shape index (κ1) is 11.8. The molecule has 0 aromatic heterocycles. The minimum absolute atomic E-state index is 0.243. The van der Waals surface area contributed by atoms with Crippen molar-refractivity contribution < 1.29 is 21.8 Å². The number of hydrogen-bond acceptors (Lipinski definition) is 4. The molecule has 0 N–H and O–H groups in total. The fourth-order valence-electron chi connectivity index (χ4n) is 2.87. The summed E-state index contributed by atoms with van der Waals surface area (Å²) in [6.45, 7) is 0. The lowest BCUT2D eigenvalue weighted by atomic mass is 9.70. The fourth-order valence-corrected chi connectivity index (χ4v) is 3.66. The number of ether oxygens (including phenoxy) is 1. The zero-order valence-electron chi connectivity index (χ0n) is 8.95. The molecule has 1 atom stereocenters. The van der Waals surface area contributed by atoms with Gasteiger partial charge in [0.15, 0.2) is 0 Å². The third-order valence-corrected chi connectivity index (χ3v) is 4.35. The molecule has 92 valence electrons. The Morgan fingerprint density at radius 2 is 1.94 bits per heavy atom. The molecule has 0 amide bonds. The van der Waals surface area contributed by atoms with Crippen molar-refractivity contribution in [1.29, 1.82) is 0 Å². The number of carbonyl (C=O) groups excluding carboxylic acids is 1. The van der Waals surface area contributed by atoms with Crippen molar-refractivity contribution in [3.63, 3.8) is 0 Å². The molecule has 16 heavy (non-hydrogen) atoms. The Morgan fingerprint density at radius 3 is 2.50 bits per heavy atom. The molecule has 0 aromatic rings. The van der Waals surface area contributed by atoms with Gasteiger partial charge >= 0.3 is 16.2 Å². The second kappa shape index (κ2) is 3.98. The van der Waals surface area contributed by atoms with Gasteiger partial charge in [0, 0.05) is 5.41 Å². The third kappa shape index (κ3) is 2.36. The molecular weight excluding hydrogens is 235 g/mol. The van der Waals surface area contributed by atoms with Gasteiger partial charge in [0.05, 0.1) is 6.42 Å². The molecule has 4 nitrogen and oxygen atoms in total. The topological polar surface area (TPSA) is 60.4 Å². The van der Waals surface area contributed by atoms with Gasteiger partial charge in [-0.15, -0.1) is 3.89 Å². The summed E-state index contributed by atoms with van der Waals surface area (Å²) in [6, 6.07) is 0. The van der Waals surface area contributed by atoms with Gasteiger partial charge < -0.3 is 4.74 Å². The quantitative estimate of drug-likeness (QED) is 0.551. The highest BCUT2D eigenvalue weighted by molar-refractivity contribution is 7.86. The number of rotatable bonds is 2. The highest BCUT2D eigenvalue weighted by Gasteiger charge is 2.50. The molecule has 0 radical (unpaired) electrons. The van der Waals surface area contributed by atoms with E-state index < -0.39 is 33.5 Å². The molecule has 2 fully saturated rings. The van der Waals surface area contributed by atoms with Crippen molar-refractivity contribution in [3.8, 4) is 0 Å². The largest absolute Gasteiger partial charge is 0.461 e. The van der Waals surface area contributed by atoms with Crippen LogP contribution >= 0.6 is 0 Å². The summed E-state index contributed by atoms with van der Waals surface area (Å²) < 4.78 is 39.0. The smallest absolute Gasteiger partial charge is 0.306 e. The average Bonchev–Trinajstić information content (AvgIpc) is 2.41. The van der Waals surface area contributed by atoms with Crippen molar-refractivity contribution in [3.05, 3.63) is 0 Å². The summed E-state index contributed by atoms with van der Waals surface area (Å²) in [5.74, 6) is -1.07. The van der Waals surface area contributed by atoms with Crippen LogP contribution in [0.4, 0.5) is 3.89 Å². The molecule has 2 aliphatic rings. The first-order valence-electron chi connectivity index (χ1n) is 5.53. The van der Waals surface area contributed by atoms with Crippen LogP contribution < -0.4 is 0 Å². The summed E-state index contributed by atoms with van der Waals surface area (Å²) in [5, 5.41) is 0. The first-order valence-corrected chi connectivity index (χ1v) is 7.08. The van der Waals surface area contributed by atoms with Crippen molar-refractivity contribution in [1.82, 2.24) is 0 Å². The van der Waals surface area contributed by atoms with Crippen LogP contribution in [-0.2, 0) is 19.8 Å². The summed E-state index contributed by atoms with van der Waals surface area (Å²) >= 11 is 0. The van der Waals surface area contributed by atoms with Gasteiger partial charge in [-0.1, -0.05) is 19.3 Å². The van der Waals surface area contributed by atoms with Gasteiger partial charge in [0.2, 0.25) is 0 Å². The van der Waals surface area contributed by atoms with E-state index in [1.807, 2.05) is 0 Å². The summed E-state index contributed by atoms with van der Waals surface area (Å²) in [6.07, 6.45) is 3.99. The Morgan fingerprint density at radius 1 is 1.31 bits per heavy atom. The van der Waals surface area contributed by atoms with Crippen molar-refractivity contribution in [2.24, 2.45) is 5.41 Å². The van der Waals surface area contributed by atoms with Crippen LogP contribution in [0.2, 0.25) is 0 Å². The zero-order chi connectivity index (χ0) is 11.8. The maximum absolute atomic E-state index is 12.7. The molecule has 1 heterocycles. The van der Waals surface area contributed by atoms with Crippen LogP contribution in [-0.4, -0.2) is 26.2 Å². The van der Waals surface area contributed by atoms with Gasteiger partial charge in [-0.05, 0) is 12.8 Å². The second-order valence-electron chi connectivity index (χ2n) is 4.78. The third-order valence-electron chi connectivity index (χ3n) is 3.65. The van der Waals surface area contributed by atoms with E-state index in [2.05, 4.69) is 0 Å². The van der Waals surface area contributed by atoms with E-state index in [9.17, 15) is 17.1 Å². The molecule has 0 aromatic carbocycles. The lowest BCUT2D eigenvalue weighted by molar-refractivity contribution is -0.141. The lowest BCUT2D eigenvalue weighted by Gasteiger charge is -2.35. The Balaban J connectivity index is 2.18. The molecule has 1 spiro atoms. The number of halogens is 1. The monoisotopic (exact) mass is 250 g/mol. The standard InChI is InChI=1S/C10H15FO4S/c11-16(13,14)7-8-10(6-9(12)15-8)4-2-1-3-5-10/h8H,1-7H2. The fraction of sp³-hybridized carbons (Fsp3) is 0.900. The van der Waals surface area contributed by atoms with Gasteiger partial charge in [-0.2, -0.15) is 8.42 Å². The molecule has 1 unspecified atom stereocenters. The van der Waals surface area contributed by atoms with Crippen LogP contribution in [0.15, 0.2) is 0 Å². The molecule has 1 aliphatic carbocycles. The van der Waals surface area contributed by atoms with E-state index in [1.165, 1.54) is 0 Å². The normalized spacial score (nSPS) is 29.3. The van der Waals surface area contributed by atoms with Crippen LogP contribution in [0.5, 0.6) is 0 Å². The Hall–Kier alpha value is -0.650. The van der Waals surface area contributed by atoms with Crippen LogP contribution in [0, 0.1) is 5.41 Å². The predicted octanol–water partition coefficient (Wildman–Crippen LogP) is 1.55. The highest BCUT2D eigenvalue weighted by atomic mass is 32.3. The van der Waals surface area contributed by atoms with Crippen molar-refractivity contribution in [2.45, 2.75) is 44.6 Å². The molecule has 2 rings (SSSR count). The van der Waals surface area contributed by atoms with Crippen LogP contribution in [0.25, 0.3) is 0 Å². The van der Waals surface area contributed by atoms with Crippen LogP contribution in [0.1, 0.15) is 38.5 Å². The lowest BCUT2D eigenvalue weighted by Crippen LogP contribution is -2.37. The van der Waals surface area contributed by atoms with Gasteiger partial charge in [-0.25, -0.2) is 0 Å². The molecule has 0 bridgehead atoms. The van der Waals surface area contributed by atoms with Crippen molar-refractivity contribution >= 4 is 16.2 Å². The number of hydrogen-bond donors (Lipinski definition) is 0. The minimum Gasteiger partial charge on any atom is -0.461 e. The van der Waals surface area contributed by atoms with E-state index >= 15 is 0 Å². The van der Waals surface area contributed by atoms with Gasteiger partial charge in [0.1, 0.15) is 11.9 Å². The van der Waals surface area contributed by atoms with E-state index in [0.717, 1.165) is 32.1 Å². The Kier molecular flexibility index (Phi) is 2.94. The molecule has 6 heteroatoms. The number of carbonyl (C=O) groups is 1. The Bertz CT molecular complexity index is 384.